The lowest BCUT2D eigenvalue weighted by atomic mass is 10.3. The van der Waals surface area contributed by atoms with Crippen molar-refractivity contribution in [2.45, 2.75) is 13.3 Å². The van der Waals surface area contributed by atoms with E-state index in [1.807, 2.05) is 35.9 Å². The van der Waals surface area contributed by atoms with Crippen molar-refractivity contribution in [1.82, 2.24) is 14.5 Å². The highest BCUT2D eigenvalue weighted by Gasteiger charge is 2.11. The van der Waals surface area contributed by atoms with Crippen molar-refractivity contribution in [3.8, 4) is 6.01 Å². The van der Waals surface area contributed by atoms with Gasteiger partial charge in [-0.15, -0.1) is 0 Å². The molecule has 0 unspecified atom stereocenters. The van der Waals surface area contributed by atoms with Crippen molar-refractivity contribution in [3.05, 3.63) is 36.4 Å². The predicted molar refractivity (Wildman–Crippen MR) is 64.9 cm³/mol. The molecule has 0 saturated carbocycles. The lowest BCUT2D eigenvalue weighted by Crippen LogP contribution is -1.98. The molecule has 3 rings (SSSR count). The molecule has 2 N–H and O–H groups in total. The summed E-state index contributed by atoms with van der Waals surface area (Å²) in [6.45, 7) is 2.04. The van der Waals surface area contributed by atoms with Crippen LogP contribution in [0, 0.1) is 0 Å². The highest BCUT2D eigenvalue weighted by molar-refractivity contribution is 5.85. The highest BCUT2D eigenvalue weighted by Crippen LogP contribution is 2.23. The van der Waals surface area contributed by atoms with Crippen LogP contribution in [-0.4, -0.2) is 14.5 Å². The molecule has 5 heteroatoms. The van der Waals surface area contributed by atoms with Crippen LogP contribution in [0.25, 0.3) is 17.1 Å². The number of rotatable bonds is 2. The molecule has 0 aliphatic carbocycles. The van der Waals surface area contributed by atoms with E-state index in [0.29, 0.717) is 22.8 Å². The highest BCUT2D eigenvalue weighted by atomic mass is 16.4. The lowest BCUT2D eigenvalue weighted by Gasteiger charge is -1.98. The number of hydrogen-bond donors (Lipinski definition) is 1. The maximum absolute atomic E-state index is 5.85. The maximum atomic E-state index is 5.85. The summed E-state index contributed by atoms with van der Waals surface area (Å²) in [5.41, 5.74) is 7.85. The van der Waals surface area contributed by atoms with Gasteiger partial charge in [0.25, 0.3) is 0 Å². The summed E-state index contributed by atoms with van der Waals surface area (Å²) in [4.78, 5) is 8.63. The summed E-state index contributed by atoms with van der Waals surface area (Å²) in [6.07, 6.45) is 4.39. The van der Waals surface area contributed by atoms with Crippen LogP contribution in [0.3, 0.4) is 0 Å². The molecule has 0 aliphatic heterocycles. The Bertz CT molecular complexity index is 668. The largest absolute Gasteiger partial charge is 0.423 e. The summed E-state index contributed by atoms with van der Waals surface area (Å²) in [6, 6.07) is 6.02. The van der Waals surface area contributed by atoms with Crippen LogP contribution in [0.4, 0.5) is 5.69 Å². The molecule has 17 heavy (non-hydrogen) atoms. The van der Waals surface area contributed by atoms with Gasteiger partial charge in [-0.05, 0) is 12.1 Å². The molecule has 0 saturated heterocycles. The SMILES string of the molecule is CCc1nccn1-c1nc2c(N)cccc2o1. The number of benzene rings is 1. The Morgan fingerprint density at radius 2 is 2.29 bits per heavy atom. The normalized spacial score (nSPS) is 11.1. The van der Waals surface area contributed by atoms with Crippen LogP contribution in [0.15, 0.2) is 35.0 Å². The van der Waals surface area contributed by atoms with E-state index in [-0.39, 0.29) is 0 Å². The van der Waals surface area contributed by atoms with Crippen LogP contribution >= 0.6 is 0 Å². The Labute approximate surface area is 97.9 Å². The molecule has 0 aliphatic rings. The molecule has 0 fully saturated rings. The van der Waals surface area contributed by atoms with Gasteiger partial charge in [-0.25, -0.2) is 4.98 Å². The van der Waals surface area contributed by atoms with Crippen molar-refractivity contribution in [3.63, 3.8) is 0 Å². The van der Waals surface area contributed by atoms with Crippen molar-refractivity contribution in [2.75, 3.05) is 5.73 Å². The molecule has 0 bridgehead atoms. The standard InChI is InChI=1S/C12H12N4O/c1-2-10-14-6-7-16(10)12-15-11-8(13)4-3-5-9(11)17-12/h3-7H,2,13H2,1H3. The van der Waals surface area contributed by atoms with Crippen LogP contribution in [-0.2, 0) is 6.42 Å². The molecular weight excluding hydrogens is 216 g/mol. The van der Waals surface area contributed by atoms with E-state index in [1.165, 1.54) is 0 Å². The Morgan fingerprint density at radius 1 is 1.41 bits per heavy atom. The number of oxazole rings is 1. The Hall–Kier alpha value is -2.30. The van der Waals surface area contributed by atoms with Crippen LogP contribution in [0.1, 0.15) is 12.7 Å². The summed E-state index contributed by atoms with van der Waals surface area (Å²) < 4.78 is 7.50. The second-order valence-electron chi connectivity index (χ2n) is 3.76. The fourth-order valence-corrected chi connectivity index (χ4v) is 1.83. The molecule has 5 nitrogen and oxygen atoms in total. The van der Waals surface area contributed by atoms with E-state index >= 15 is 0 Å². The Balaban J connectivity index is 2.22. The lowest BCUT2D eigenvalue weighted by molar-refractivity contribution is 0.556. The van der Waals surface area contributed by atoms with Gasteiger partial charge in [0.05, 0.1) is 5.69 Å². The zero-order valence-corrected chi connectivity index (χ0v) is 9.42. The average Bonchev–Trinajstić information content (AvgIpc) is 2.94. The molecule has 0 radical (unpaired) electrons. The average molecular weight is 228 g/mol. The fraction of sp³-hybridized carbons (Fsp3) is 0.167. The maximum Gasteiger partial charge on any atom is 0.308 e. The van der Waals surface area contributed by atoms with Crippen LogP contribution < -0.4 is 5.73 Å². The third-order valence-electron chi connectivity index (χ3n) is 2.68. The molecule has 1 aromatic carbocycles. The second-order valence-corrected chi connectivity index (χ2v) is 3.76. The van der Waals surface area contributed by atoms with Crippen LogP contribution in [0.2, 0.25) is 0 Å². The molecule has 0 atom stereocenters. The third-order valence-corrected chi connectivity index (χ3v) is 2.68. The van der Waals surface area contributed by atoms with Gasteiger partial charge in [-0.2, -0.15) is 4.98 Å². The zero-order chi connectivity index (χ0) is 11.8. The first kappa shape index (κ1) is 9.89. The van der Waals surface area contributed by atoms with Gasteiger partial charge in [-0.3, -0.25) is 4.57 Å². The molecule has 2 aromatic heterocycles. The first-order chi connectivity index (χ1) is 8.29. The first-order valence-corrected chi connectivity index (χ1v) is 5.47. The van der Waals surface area contributed by atoms with Crippen molar-refractivity contribution >= 4 is 16.8 Å². The fourth-order valence-electron chi connectivity index (χ4n) is 1.83. The Morgan fingerprint density at radius 3 is 3.06 bits per heavy atom. The molecule has 2 heterocycles. The number of aromatic nitrogens is 3. The monoisotopic (exact) mass is 228 g/mol. The smallest absolute Gasteiger partial charge is 0.308 e. The minimum absolute atomic E-state index is 0.507. The van der Waals surface area contributed by atoms with Crippen molar-refractivity contribution < 1.29 is 4.42 Å². The van der Waals surface area contributed by atoms with Crippen molar-refractivity contribution in [2.24, 2.45) is 0 Å². The van der Waals surface area contributed by atoms with Gasteiger partial charge >= 0.3 is 6.01 Å². The second kappa shape index (κ2) is 3.62. The molecule has 86 valence electrons. The van der Waals surface area contributed by atoms with Gasteiger partial charge in [0.15, 0.2) is 5.58 Å². The minimum atomic E-state index is 0.507. The topological polar surface area (TPSA) is 69.9 Å². The molecule has 0 amide bonds. The molecule has 0 spiro atoms. The minimum Gasteiger partial charge on any atom is -0.423 e. The summed E-state index contributed by atoms with van der Waals surface area (Å²) in [5, 5.41) is 0. The van der Waals surface area contributed by atoms with E-state index in [2.05, 4.69) is 9.97 Å². The van der Waals surface area contributed by atoms with E-state index in [9.17, 15) is 0 Å². The number of para-hydroxylation sites is 1. The predicted octanol–water partition coefficient (Wildman–Crippen LogP) is 2.16. The number of nitrogen functional groups attached to an aromatic ring is 1. The van der Waals surface area contributed by atoms with E-state index in [0.717, 1.165) is 12.2 Å². The van der Waals surface area contributed by atoms with Gasteiger partial charge in [-0.1, -0.05) is 13.0 Å². The summed E-state index contributed by atoms with van der Waals surface area (Å²) in [5.74, 6) is 0.912. The van der Waals surface area contributed by atoms with Gasteiger partial charge < -0.3 is 10.2 Å². The number of imidazole rings is 1. The Kier molecular flexibility index (Phi) is 2.11. The number of aryl methyl sites for hydroxylation is 1. The van der Waals surface area contributed by atoms with Gasteiger partial charge in [0, 0.05) is 18.8 Å². The van der Waals surface area contributed by atoms with Crippen molar-refractivity contribution in [1.29, 1.82) is 0 Å². The third kappa shape index (κ3) is 1.47. The number of hydrogen-bond acceptors (Lipinski definition) is 4. The number of nitrogens with two attached hydrogens (primary N) is 1. The summed E-state index contributed by atoms with van der Waals surface area (Å²) in [7, 11) is 0. The quantitative estimate of drug-likeness (QED) is 0.682. The van der Waals surface area contributed by atoms with E-state index in [4.69, 9.17) is 10.2 Å². The molecular formula is C12H12N4O. The van der Waals surface area contributed by atoms with Gasteiger partial charge in [0.2, 0.25) is 0 Å². The van der Waals surface area contributed by atoms with Gasteiger partial charge in [0.1, 0.15) is 11.3 Å². The molecule has 3 aromatic rings. The zero-order valence-electron chi connectivity index (χ0n) is 9.42. The van der Waals surface area contributed by atoms with E-state index < -0.39 is 0 Å². The number of anilines is 1. The first-order valence-electron chi connectivity index (χ1n) is 5.47. The van der Waals surface area contributed by atoms with Crippen LogP contribution in [0.5, 0.6) is 0 Å². The number of nitrogens with zero attached hydrogens (tertiary/aromatic N) is 3. The van der Waals surface area contributed by atoms with E-state index in [1.54, 1.807) is 6.20 Å². The summed E-state index contributed by atoms with van der Waals surface area (Å²) >= 11 is 0. The number of fused-ring (bicyclic) bond motifs is 1.